The number of ether oxygens (including phenoxy) is 5. The molecule has 10 nitrogen and oxygen atoms in total. The number of methoxy groups -OCH3 is 1. The number of nitrogens with one attached hydrogen (secondary N) is 1. The van der Waals surface area contributed by atoms with Crippen LogP contribution in [0.4, 0.5) is 4.39 Å². The normalized spacial score (nSPS) is 12.8. The Bertz CT molecular complexity index is 1330. The molecule has 0 fully saturated rings. The van der Waals surface area contributed by atoms with Crippen molar-refractivity contribution in [3.8, 4) is 17.2 Å². The Morgan fingerprint density at radius 1 is 1.05 bits per heavy atom. The van der Waals surface area contributed by atoms with Crippen molar-refractivity contribution in [2.24, 2.45) is 0 Å². The molecule has 1 aromatic heterocycles. The van der Waals surface area contributed by atoms with Gasteiger partial charge >= 0.3 is 11.9 Å². The quantitative estimate of drug-likeness (QED) is 0.258. The predicted molar refractivity (Wildman–Crippen MR) is 141 cm³/mol. The second-order valence-electron chi connectivity index (χ2n) is 8.78. The minimum absolute atomic E-state index is 0.0687. The van der Waals surface area contributed by atoms with Crippen molar-refractivity contribution in [3.63, 3.8) is 0 Å². The summed E-state index contributed by atoms with van der Waals surface area (Å²) in [5, 5.41) is 2.53. The number of carbonyl (C=O) groups is 3. The largest absolute Gasteiger partial charge is 0.493 e. The third-order valence-electron chi connectivity index (χ3n) is 5.74. The van der Waals surface area contributed by atoms with Gasteiger partial charge in [0.2, 0.25) is 6.79 Å². The molecule has 2 aromatic carbocycles. The zero-order chi connectivity index (χ0) is 29.2. The monoisotopic (exact) mass is 554 g/mol. The van der Waals surface area contributed by atoms with Gasteiger partial charge < -0.3 is 29.0 Å². The molecule has 0 bridgehead atoms. The van der Waals surface area contributed by atoms with Crippen molar-refractivity contribution >= 4 is 17.8 Å². The highest BCUT2D eigenvalue weighted by atomic mass is 19.1. The minimum Gasteiger partial charge on any atom is -0.493 e. The SMILES string of the molecule is COc1ccnc(C(=O)N[C@@H](C)C(=O)O[C@@H](C)[C@H](Oc2ccccc2)c2ccc(F)cc2C)c1OCOC(C)=O. The van der Waals surface area contributed by atoms with E-state index in [-0.39, 0.29) is 17.2 Å². The lowest BCUT2D eigenvalue weighted by Gasteiger charge is -2.28. The number of aromatic nitrogens is 1. The van der Waals surface area contributed by atoms with Crippen LogP contribution < -0.4 is 19.5 Å². The van der Waals surface area contributed by atoms with Crippen LogP contribution in [0.2, 0.25) is 0 Å². The molecule has 0 aliphatic carbocycles. The first-order valence-corrected chi connectivity index (χ1v) is 12.4. The maximum absolute atomic E-state index is 13.8. The Morgan fingerprint density at radius 2 is 1.77 bits per heavy atom. The summed E-state index contributed by atoms with van der Waals surface area (Å²) in [7, 11) is 1.37. The summed E-state index contributed by atoms with van der Waals surface area (Å²) in [6.07, 6.45) is -0.265. The van der Waals surface area contributed by atoms with E-state index in [2.05, 4.69) is 10.3 Å². The van der Waals surface area contributed by atoms with Gasteiger partial charge in [-0.1, -0.05) is 24.3 Å². The third-order valence-corrected chi connectivity index (χ3v) is 5.74. The summed E-state index contributed by atoms with van der Waals surface area (Å²) in [5.74, 6) is -1.83. The summed E-state index contributed by atoms with van der Waals surface area (Å²) >= 11 is 0. The van der Waals surface area contributed by atoms with Crippen LogP contribution in [0.1, 0.15) is 48.5 Å². The highest BCUT2D eigenvalue weighted by molar-refractivity contribution is 5.98. The molecular formula is C29H31FN2O8. The van der Waals surface area contributed by atoms with Crippen molar-refractivity contribution in [1.82, 2.24) is 10.3 Å². The van der Waals surface area contributed by atoms with E-state index in [1.165, 1.54) is 45.4 Å². The Kier molecular flexibility index (Phi) is 10.4. The zero-order valence-corrected chi connectivity index (χ0v) is 22.8. The fourth-order valence-corrected chi connectivity index (χ4v) is 3.75. The number of pyridine rings is 1. The average molecular weight is 555 g/mol. The highest BCUT2D eigenvalue weighted by Crippen LogP contribution is 2.31. The number of rotatable bonds is 12. The lowest BCUT2D eigenvalue weighted by Crippen LogP contribution is -2.42. The number of hydrogen-bond donors (Lipinski definition) is 1. The number of halogens is 1. The van der Waals surface area contributed by atoms with Gasteiger partial charge in [0.05, 0.1) is 7.11 Å². The molecule has 0 radical (unpaired) electrons. The molecule has 1 heterocycles. The number of hydrogen-bond acceptors (Lipinski definition) is 9. The molecule has 3 aromatic rings. The number of nitrogens with zero attached hydrogens (tertiary/aromatic N) is 1. The predicted octanol–water partition coefficient (Wildman–Crippen LogP) is 4.31. The van der Waals surface area contributed by atoms with Crippen LogP contribution in [0, 0.1) is 12.7 Å². The molecule has 212 valence electrons. The zero-order valence-electron chi connectivity index (χ0n) is 22.8. The van der Waals surface area contributed by atoms with Gasteiger partial charge in [0.1, 0.15) is 23.7 Å². The summed E-state index contributed by atoms with van der Waals surface area (Å²) in [4.78, 5) is 41.2. The molecule has 1 N–H and O–H groups in total. The number of esters is 2. The lowest BCUT2D eigenvalue weighted by molar-refractivity contribution is -0.155. The van der Waals surface area contributed by atoms with Gasteiger partial charge in [0.25, 0.3) is 5.91 Å². The maximum atomic E-state index is 13.8. The molecular weight excluding hydrogens is 523 g/mol. The molecule has 0 unspecified atom stereocenters. The van der Waals surface area contributed by atoms with Gasteiger partial charge in [-0.25, -0.2) is 14.2 Å². The van der Waals surface area contributed by atoms with Crippen LogP contribution in [0.3, 0.4) is 0 Å². The van der Waals surface area contributed by atoms with Crippen LogP contribution in [0.15, 0.2) is 60.8 Å². The van der Waals surface area contributed by atoms with Crippen molar-refractivity contribution in [2.45, 2.75) is 45.9 Å². The van der Waals surface area contributed by atoms with E-state index in [1.54, 1.807) is 44.2 Å². The van der Waals surface area contributed by atoms with Gasteiger partial charge in [-0.3, -0.25) is 9.59 Å². The average Bonchev–Trinajstić information content (AvgIpc) is 2.92. The lowest BCUT2D eigenvalue weighted by atomic mass is 9.99. The van der Waals surface area contributed by atoms with E-state index in [9.17, 15) is 18.8 Å². The van der Waals surface area contributed by atoms with E-state index in [1.807, 2.05) is 6.07 Å². The molecule has 11 heteroatoms. The molecule has 3 atom stereocenters. The third kappa shape index (κ3) is 7.92. The second-order valence-corrected chi connectivity index (χ2v) is 8.78. The summed E-state index contributed by atoms with van der Waals surface area (Å²) < 4.78 is 41.0. The van der Waals surface area contributed by atoms with Crippen molar-refractivity contribution in [3.05, 3.63) is 83.4 Å². The smallest absolute Gasteiger partial charge is 0.328 e. The maximum Gasteiger partial charge on any atom is 0.328 e. The Morgan fingerprint density at radius 3 is 2.42 bits per heavy atom. The van der Waals surface area contributed by atoms with Crippen LogP contribution in [0.5, 0.6) is 17.2 Å². The summed E-state index contributed by atoms with van der Waals surface area (Å²) in [5.41, 5.74) is 1.07. The first kappa shape index (κ1) is 29.9. The number of para-hydroxylation sites is 1. The van der Waals surface area contributed by atoms with Crippen molar-refractivity contribution in [2.75, 3.05) is 13.9 Å². The summed E-state index contributed by atoms with van der Waals surface area (Å²) in [6, 6.07) is 13.6. The second kappa shape index (κ2) is 13.9. The van der Waals surface area contributed by atoms with E-state index >= 15 is 0 Å². The van der Waals surface area contributed by atoms with Gasteiger partial charge in [-0.2, -0.15) is 0 Å². The Labute approximate surface area is 231 Å². The molecule has 0 spiro atoms. The number of carbonyl (C=O) groups excluding carboxylic acids is 3. The fourth-order valence-electron chi connectivity index (χ4n) is 3.75. The number of aryl methyl sites for hydroxylation is 1. The van der Waals surface area contributed by atoms with Crippen LogP contribution in [0.25, 0.3) is 0 Å². The minimum atomic E-state index is -1.10. The highest BCUT2D eigenvalue weighted by Gasteiger charge is 2.30. The first-order valence-electron chi connectivity index (χ1n) is 12.4. The van der Waals surface area contributed by atoms with E-state index in [0.29, 0.717) is 16.9 Å². The Balaban J connectivity index is 1.75. The molecule has 1 amide bonds. The first-order chi connectivity index (χ1) is 19.1. The molecule has 0 saturated carbocycles. The van der Waals surface area contributed by atoms with Gasteiger partial charge in [-0.05, 0) is 56.2 Å². The molecule has 0 aliphatic rings. The Hall–Kier alpha value is -4.67. The van der Waals surface area contributed by atoms with Crippen molar-refractivity contribution < 1.29 is 42.5 Å². The van der Waals surface area contributed by atoms with Gasteiger partial charge in [-0.15, -0.1) is 0 Å². The topological polar surface area (TPSA) is 122 Å². The van der Waals surface area contributed by atoms with Gasteiger partial charge in [0, 0.05) is 19.2 Å². The van der Waals surface area contributed by atoms with Crippen LogP contribution >= 0.6 is 0 Å². The molecule has 0 saturated heterocycles. The molecule has 40 heavy (non-hydrogen) atoms. The number of amides is 1. The van der Waals surface area contributed by atoms with Crippen LogP contribution in [-0.4, -0.2) is 48.9 Å². The fraction of sp³-hybridized carbons (Fsp3) is 0.310. The van der Waals surface area contributed by atoms with E-state index < -0.39 is 48.7 Å². The summed E-state index contributed by atoms with van der Waals surface area (Å²) in [6.45, 7) is 5.56. The van der Waals surface area contributed by atoms with E-state index in [0.717, 1.165) is 0 Å². The van der Waals surface area contributed by atoms with Crippen LogP contribution in [-0.2, 0) is 19.1 Å². The van der Waals surface area contributed by atoms with Crippen molar-refractivity contribution in [1.29, 1.82) is 0 Å². The number of benzene rings is 2. The molecule has 3 rings (SSSR count). The van der Waals surface area contributed by atoms with Gasteiger partial charge in [0.15, 0.2) is 23.3 Å². The van der Waals surface area contributed by atoms with E-state index in [4.69, 9.17) is 23.7 Å². The standard InChI is InChI=1S/C29H31FN2O8/c1-17-15-21(30)11-12-23(17)26(40-22-9-7-6-8-10-22)19(3)39-29(35)18(2)32-28(34)25-27(38-16-37-20(4)33)24(36-5)13-14-31-25/h6-15,18-19,26H,16H2,1-5H3,(H,32,34)/t18-,19-,26-/m0/s1. The molecule has 0 aliphatic heterocycles.